The molecule has 2 nitrogen and oxygen atoms in total. The first-order chi connectivity index (χ1) is 9.36. The number of hydrogen-bond donors (Lipinski definition) is 1. The van der Waals surface area contributed by atoms with Crippen LogP contribution in [0.2, 0.25) is 0 Å². The Balaban J connectivity index is 1.94. The molecule has 0 aliphatic carbocycles. The van der Waals surface area contributed by atoms with Crippen LogP contribution in [0.3, 0.4) is 0 Å². The lowest BCUT2D eigenvalue weighted by Gasteiger charge is -2.02. The highest BCUT2D eigenvalue weighted by molar-refractivity contribution is 5.81. The number of furan rings is 1. The molecule has 0 spiro atoms. The summed E-state index contributed by atoms with van der Waals surface area (Å²) in [6, 6.07) is 16.9. The van der Waals surface area contributed by atoms with Gasteiger partial charge in [-0.15, -0.1) is 0 Å². The maximum Gasteiger partial charge on any atom is 0.134 e. The van der Waals surface area contributed by atoms with E-state index in [1.165, 1.54) is 22.1 Å². The van der Waals surface area contributed by atoms with Gasteiger partial charge in [-0.25, -0.2) is 0 Å². The monoisotopic (exact) mass is 251 g/mol. The Morgan fingerprint density at radius 1 is 0.947 bits per heavy atom. The van der Waals surface area contributed by atoms with Crippen LogP contribution in [-0.2, 0) is 12.8 Å². The molecule has 0 bridgehead atoms. The molecule has 0 fully saturated rings. The van der Waals surface area contributed by atoms with Crippen LogP contribution in [0.1, 0.15) is 16.7 Å². The highest BCUT2D eigenvalue weighted by Gasteiger charge is 2.06. The Labute approximate surface area is 112 Å². The zero-order chi connectivity index (χ0) is 13.1. The summed E-state index contributed by atoms with van der Waals surface area (Å²) in [5.74, 6) is 0. The second-order valence-corrected chi connectivity index (χ2v) is 4.79. The molecule has 1 heterocycles. The lowest BCUT2D eigenvalue weighted by Crippen LogP contribution is -2.01. The fourth-order valence-electron chi connectivity index (χ4n) is 2.42. The number of nitrogens with two attached hydrogens (primary N) is 1. The molecule has 0 unspecified atom stereocenters. The van der Waals surface area contributed by atoms with Crippen molar-refractivity contribution >= 4 is 11.0 Å². The van der Waals surface area contributed by atoms with Crippen molar-refractivity contribution in [2.24, 2.45) is 5.73 Å². The van der Waals surface area contributed by atoms with Crippen molar-refractivity contribution in [1.82, 2.24) is 0 Å². The highest BCUT2D eigenvalue weighted by Crippen LogP contribution is 2.24. The van der Waals surface area contributed by atoms with Crippen molar-refractivity contribution in [2.45, 2.75) is 12.8 Å². The van der Waals surface area contributed by atoms with Crippen molar-refractivity contribution in [1.29, 1.82) is 0 Å². The molecule has 3 rings (SSSR count). The standard InChI is InChI=1S/C17H17NO/c18-9-8-15-12-19-17-7-6-14(11-16(15)17)10-13-4-2-1-3-5-13/h1-7,11-12H,8-10,18H2. The van der Waals surface area contributed by atoms with Crippen LogP contribution in [0.5, 0.6) is 0 Å². The van der Waals surface area contributed by atoms with Crippen LogP contribution in [0, 0.1) is 0 Å². The fraction of sp³-hybridized carbons (Fsp3) is 0.176. The number of fused-ring (bicyclic) bond motifs is 1. The quantitative estimate of drug-likeness (QED) is 0.770. The molecule has 96 valence electrons. The van der Waals surface area contributed by atoms with E-state index in [-0.39, 0.29) is 0 Å². The predicted octanol–water partition coefficient (Wildman–Crippen LogP) is 3.52. The Morgan fingerprint density at radius 2 is 1.79 bits per heavy atom. The average Bonchev–Trinajstić information content (AvgIpc) is 2.83. The molecule has 0 saturated carbocycles. The number of hydrogen-bond acceptors (Lipinski definition) is 2. The zero-order valence-corrected chi connectivity index (χ0v) is 10.8. The first-order valence-electron chi connectivity index (χ1n) is 6.60. The molecule has 0 saturated heterocycles. The van der Waals surface area contributed by atoms with Gasteiger partial charge in [0, 0.05) is 5.39 Å². The van der Waals surface area contributed by atoms with Crippen molar-refractivity contribution in [3.05, 3.63) is 71.5 Å². The molecule has 0 radical (unpaired) electrons. The lowest BCUT2D eigenvalue weighted by atomic mass is 10.0. The normalized spacial score (nSPS) is 11.0. The first-order valence-corrected chi connectivity index (χ1v) is 6.60. The van der Waals surface area contributed by atoms with E-state index in [0.29, 0.717) is 6.54 Å². The van der Waals surface area contributed by atoms with E-state index < -0.39 is 0 Å². The minimum Gasteiger partial charge on any atom is -0.464 e. The van der Waals surface area contributed by atoms with Gasteiger partial charge in [-0.3, -0.25) is 0 Å². The van der Waals surface area contributed by atoms with Crippen molar-refractivity contribution in [3.8, 4) is 0 Å². The van der Waals surface area contributed by atoms with Crippen LogP contribution < -0.4 is 5.73 Å². The molecule has 2 aromatic carbocycles. The van der Waals surface area contributed by atoms with E-state index in [1.54, 1.807) is 0 Å². The zero-order valence-electron chi connectivity index (χ0n) is 10.8. The molecule has 2 heteroatoms. The number of rotatable bonds is 4. The molecule has 0 aliphatic rings. The molecule has 2 N–H and O–H groups in total. The summed E-state index contributed by atoms with van der Waals surface area (Å²) in [7, 11) is 0. The molecule has 0 atom stereocenters. The molecule has 19 heavy (non-hydrogen) atoms. The van der Waals surface area contributed by atoms with Crippen molar-refractivity contribution in [3.63, 3.8) is 0 Å². The second-order valence-electron chi connectivity index (χ2n) is 4.79. The van der Waals surface area contributed by atoms with Gasteiger partial charge in [0.25, 0.3) is 0 Å². The molecular formula is C17H17NO. The maximum absolute atomic E-state index is 5.63. The lowest BCUT2D eigenvalue weighted by molar-refractivity contribution is 0.610. The van der Waals surface area contributed by atoms with E-state index in [0.717, 1.165) is 18.4 Å². The van der Waals surface area contributed by atoms with E-state index in [4.69, 9.17) is 10.2 Å². The van der Waals surface area contributed by atoms with Crippen molar-refractivity contribution in [2.75, 3.05) is 6.54 Å². The summed E-state index contributed by atoms with van der Waals surface area (Å²) in [5, 5.41) is 1.19. The van der Waals surface area contributed by atoms with Gasteiger partial charge in [0.15, 0.2) is 0 Å². The van der Waals surface area contributed by atoms with Crippen LogP contribution in [0.15, 0.2) is 59.2 Å². The van der Waals surface area contributed by atoms with Gasteiger partial charge >= 0.3 is 0 Å². The van der Waals surface area contributed by atoms with Crippen LogP contribution in [-0.4, -0.2) is 6.54 Å². The number of benzene rings is 2. The van der Waals surface area contributed by atoms with Crippen LogP contribution in [0.4, 0.5) is 0 Å². The molecular weight excluding hydrogens is 234 g/mol. The van der Waals surface area contributed by atoms with Gasteiger partial charge in [-0.2, -0.15) is 0 Å². The van der Waals surface area contributed by atoms with Gasteiger partial charge in [0.1, 0.15) is 5.58 Å². The van der Waals surface area contributed by atoms with Gasteiger partial charge in [0.2, 0.25) is 0 Å². The van der Waals surface area contributed by atoms with E-state index >= 15 is 0 Å². The largest absolute Gasteiger partial charge is 0.464 e. The van der Waals surface area contributed by atoms with Crippen LogP contribution in [0.25, 0.3) is 11.0 Å². The Bertz CT molecular complexity index is 670. The molecule has 0 aliphatic heterocycles. The summed E-state index contributed by atoms with van der Waals surface area (Å²) in [6.45, 7) is 0.650. The summed E-state index contributed by atoms with van der Waals surface area (Å²) in [6.07, 6.45) is 3.63. The molecule has 0 amide bonds. The third-order valence-electron chi connectivity index (χ3n) is 3.38. The van der Waals surface area contributed by atoms with Gasteiger partial charge in [0.05, 0.1) is 6.26 Å². The van der Waals surface area contributed by atoms with E-state index in [9.17, 15) is 0 Å². The summed E-state index contributed by atoms with van der Waals surface area (Å²) in [5.41, 5.74) is 10.4. The Kier molecular flexibility index (Phi) is 3.34. The van der Waals surface area contributed by atoms with Gasteiger partial charge in [-0.05, 0) is 48.2 Å². The Hall–Kier alpha value is -2.06. The third kappa shape index (κ3) is 2.54. The topological polar surface area (TPSA) is 39.2 Å². The summed E-state index contributed by atoms with van der Waals surface area (Å²) in [4.78, 5) is 0. The average molecular weight is 251 g/mol. The van der Waals surface area contributed by atoms with E-state index in [1.807, 2.05) is 18.4 Å². The van der Waals surface area contributed by atoms with E-state index in [2.05, 4.69) is 36.4 Å². The maximum atomic E-state index is 5.63. The fourth-order valence-corrected chi connectivity index (χ4v) is 2.42. The highest BCUT2D eigenvalue weighted by atomic mass is 16.3. The third-order valence-corrected chi connectivity index (χ3v) is 3.38. The summed E-state index contributed by atoms with van der Waals surface area (Å²) < 4.78 is 5.55. The minimum absolute atomic E-state index is 0.650. The summed E-state index contributed by atoms with van der Waals surface area (Å²) >= 11 is 0. The predicted molar refractivity (Wildman–Crippen MR) is 78.2 cm³/mol. The first kappa shape index (κ1) is 12.0. The van der Waals surface area contributed by atoms with Crippen molar-refractivity contribution < 1.29 is 4.42 Å². The second kappa shape index (κ2) is 5.29. The molecule has 1 aromatic heterocycles. The minimum atomic E-state index is 0.650. The SMILES string of the molecule is NCCc1coc2ccc(Cc3ccccc3)cc12. The van der Waals surface area contributed by atoms with Gasteiger partial charge in [-0.1, -0.05) is 36.4 Å². The smallest absolute Gasteiger partial charge is 0.134 e. The van der Waals surface area contributed by atoms with Crippen LogP contribution >= 0.6 is 0 Å². The molecule has 3 aromatic rings. The Morgan fingerprint density at radius 3 is 2.58 bits per heavy atom. The van der Waals surface area contributed by atoms with Gasteiger partial charge < -0.3 is 10.2 Å².